The zero-order valence-electron chi connectivity index (χ0n) is 16.9. The maximum Gasteiger partial charge on any atom is 0.336 e. The number of rotatable bonds is 3. The molecule has 2 heterocycles. The van der Waals surface area contributed by atoms with Crippen LogP contribution < -0.4 is 20.6 Å². The fourth-order valence-electron chi connectivity index (χ4n) is 3.91. The Labute approximate surface area is 178 Å². The number of hydrogen-bond acceptors (Lipinski definition) is 5. The molecule has 0 spiro atoms. The summed E-state index contributed by atoms with van der Waals surface area (Å²) in [7, 11) is 0. The summed E-state index contributed by atoms with van der Waals surface area (Å²) in [5.74, 6) is 0.602. The predicted molar refractivity (Wildman–Crippen MR) is 120 cm³/mol. The SMILES string of the molecule is CC(=O)Nc1ccc(N2COc3ccc4c(-c5ccccc5)cc(=O)oc4c3C2)cc1. The third-order valence-corrected chi connectivity index (χ3v) is 5.34. The summed E-state index contributed by atoms with van der Waals surface area (Å²) in [5.41, 5.74) is 4.47. The molecule has 6 heteroatoms. The van der Waals surface area contributed by atoms with Crippen LogP contribution in [0.1, 0.15) is 12.5 Å². The van der Waals surface area contributed by atoms with Crippen molar-refractivity contribution in [2.45, 2.75) is 13.5 Å². The lowest BCUT2D eigenvalue weighted by molar-refractivity contribution is -0.114. The number of carbonyl (C=O) groups excluding carboxylic acids is 1. The van der Waals surface area contributed by atoms with Crippen LogP contribution in [-0.4, -0.2) is 12.6 Å². The first kappa shape index (κ1) is 18.9. The van der Waals surface area contributed by atoms with Gasteiger partial charge in [0.05, 0.1) is 12.1 Å². The topological polar surface area (TPSA) is 71.8 Å². The number of carbonyl (C=O) groups is 1. The molecule has 1 aromatic heterocycles. The quantitative estimate of drug-likeness (QED) is 0.491. The summed E-state index contributed by atoms with van der Waals surface area (Å²) in [6, 6.07) is 22.8. The van der Waals surface area contributed by atoms with Crippen molar-refractivity contribution in [1.82, 2.24) is 0 Å². The molecule has 0 saturated heterocycles. The summed E-state index contributed by atoms with van der Waals surface area (Å²) >= 11 is 0. The Kier molecular flexibility index (Phi) is 4.67. The second-order valence-corrected chi connectivity index (χ2v) is 7.46. The number of ether oxygens (including phenoxy) is 1. The molecule has 0 bridgehead atoms. The largest absolute Gasteiger partial charge is 0.473 e. The molecule has 3 aromatic carbocycles. The summed E-state index contributed by atoms with van der Waals surface area (Å²) in [6.45, 7) is 2.39. The Balaban J connectivity index is 1.55. The Hall–Kier alpha value is -4.06. The van der Waals surface area contributed by atoms with Gasteiger partial charge in [0.15, 0.2) is 6.73 Å². The number of nitrogens with zero attached hydrogens (tertiary/aromatic N) is 1. The van der Waals surface area contributed by atoms with Gasteiger partial charge in [0, 0.05) is 29.8 Å². The third-order valence-electron chi connectivity index (χ3n) is 5.34. The van der Waals surface area contributed by atoms with Gasteiger partial charge in [-0.2, -0.15) is 0 Å². The molecular weight excluding hydrogens is 392 g/mol. The van der Waals surface area contributed by atoms with Crippen molar-refractivity contribution >= 4 is 28.3 Å². The fourth-order valence-corrected chi connectivity index (χ4v) is 3.91. The van der Waals surface area contributed by atoms with Gasteiger partial charge < -0.3 is 19.4 Å². The summed E-state index contributed by atoms with van der Waals surface area (Å²) in [6.07, 6.45) is 0. The molecular formula is C25H20N2O4. The minimum Gasteiger partial charge on any atom is -0.473 e. The van der Waals surface area contributed by atoms with Gasteiger partial charge in [-0.15, -0.1) is 0 Å². The molecule has 0 aliphatic carbocycles. The summed E-state index contributed by atoms with van der Waals surface area (Å²) in [5, 5.41) is 3.64. The van der Waals surface area contributed by atoms with Crippen LogP contribution in [0.25, 0.3) is 22.1 Å². The molecule has 1 N–H and O–H groups in total. The number of amides is 1. The van der Waals surface area contributed by atoms with Gasteiger partial charge in [0.25, 0.3) is 0 Å². The van der Waals surface area contributed by atoms with Gasteiger partial charge in [0.1, 0.15) is 11.3 Å². The number of hydrogen-bond donors (Lipinski definition) is 1. The highest BCUT2D eigenvalue weighted by atomic mass is 16.5. The normalized spacial score (nSPS) is 12.9. The predicted octanol–water partition coefficient (Wildman–Crippen LogP) is 4.77. The summed E-state index contributed by atoms with van der Waals surface area (Å²) in [4.78, 5) is 25.7. The second-order valence-electron chi connectivity index (χ2n) is 7.46. The van der Waals surface area contributed by atoms with Crippen molar-refractivity contribution < 1.29 is 13.9 Å². The molecule has 0 radical (unpaired) electrons. The van der Waals surface area contributed by atoms with E-state index in [1.165, 1.54) is 13.0 Å². The number of anilines is 2. The molecule has 1 aliphatic rings. The van der Waals surface area contributed by atoms with E-state index >= 15 is 0 Å². The van der Waals surface area contributed by atoms with Crippen LogP contribution in [0.4, 0.5) is 11.4 Å². The zero-order valence-corrected chi connectivity index (χ0v) is 16.9. The van der Waals surface area contributed by atoms with Crippen molar-refractivity contribution in [3.8, 4) is 16.9 Å². The highest BCUT2D eigenvalue weighted by Crippen LogP contribution is 2.37. The Morgan fingerprint density at radius 3 is 2.52 bits per heavy atom. The first-order chi connectivity index (χ1) is 15.1. The molecule has 0 saturated carbocycles. The first-order valence-electron chi connectivity index (χ1n) is 9.99. The van der Waals surface area contributed by atoms with Crippen LogP contribution in [-0.2, 0) is 11.3 Å². The van der Waals surface area contributed by atoms with Crippen LogP contribution >= 0.6 is 0 Å². The molecule has 6 nitrogen and oxygen atoms in total. The van der Waals surface area contributed by atoms with E-state index in [0.29, 0.717) is 24.6 Å². The molecule has 4 aromatic rings. The van der Waals surface area contributed by atoms with E-state index in [1.807, 2.05) is 66.7 Å². The molecule has 0 atom stereocenters. The molecule has 1 aliphatic heterocycles. The standard InChI is InChI=1S/C25H20N2O4/c1-16(28)26-18-7-9-19(10-8-18)27-14-22-23(30-15-27)12-11-20-21(13-24(29)31-25(20)22)17-5-3-2-4-6-17/h2-13H,14-15H2,1H3,(H,26,28). The number of fused-ring (bicyclic) bond motifs is 3. The van der Waals surface area contributed by atoms with Gasteiger partial charge in [-0.05, 0) is 47.5 Å². The monoisotopic (exact) mass is 412 g/mol. The molecule has 1 amide bonds. The van der Waals surface area contributed by atoms with Crippen LogP contribution in [0, 0.1) is 0 Å². The Morgan fingerprint density at radius 1 is 1.00 bits per heavy atom. The van der Waals surface area contributed by atoms with Gasteiger partial charge in [-0.3, -0.25) is 4.79 Å². The van der Waals surface area contributed by atoms with Crippen molar-refractivity contribution in [1.29, 1.82) is 0 Å². The third kappa shape index (κ3) is 3.64. The van der Waals surface area contributed by atoms with E-state index in [9.17, 15) is 9.59 Å². The highest BCUT2D eigenvalue weighted by Gasteiger charge is 2.23. The summed E-state index contributed by atoms with van der Waals surface area (Å²) < 4.78 is 11.6. The smallest absolute Gasteiger partial charge is 0.336 e. The molecule has 154 valence electrons. The van der Waals surface area contributed by atoms with Gasteiger partial charge in [0.2, 0.25) is 5.91 Å². The van der Waals surface area contributed by atoms with E-state index in [2.05, 4.69) is 10.2 Å². The van der Waals surface area contributed by atoms with Crippen LogP contribution in [0.5, 0.6) is 5.75 Å². The van der Waals surface area contributed by atoms with Gasteiger partial charge >= 0.3 is 5.63 Å². The maximum atomic E-state index is 12.4. The van der Waals surface area contributed by atoms with E-state index in [4.69, 9.17) is 9.15 Å². The average molecular weight is 412 g/mol. The molecule has 31 heavy (non-hydrogen) atoms. The number of nitrogens with one attached hydrogen (secondary N) is 1. The van der Waals surface area contributed by atoms with Crippen molar-refractivity contribution in [3.63, 3.8) is 0 Å². The van der Waals surface area contributed by atoms with Crippen molar-refractivity contribution in [2.24, 2.45) is 0 Å². The zero-order chi connectivity index (χ0) is 21.4. The lowest BCUT2D eigenvalue weighted by Crippen LogP contribution is -2.32. The number of benzene rings is 3. The average Bonchev–Trinajstić information content (AvgIpc) is 2.79. The fraction of sp³-hybridized carbons (Fsp3) is 0.120. The second kappa shape index (κ2) is 7.65. The van der Waals surface area contributed by atoms with Crippen LogP contribution in [0.2, 0.25) is 0 Å². The first-order valence-corrected chi connectivity index (χ1v) is 9.99. The minimum atomic E-state index is -0.392. The van der Waals surface area contributed by atoms with Crippen molar-refractivity contribution in [2.75, 3.05) is 16.9 Å². The van der Waals surface area contributed by atoms with Crippen molar-refractivity contribution in [3.05, 3.63) is 88.8 Å². The van der Waals surface area contributed by atoms with E-state index in [1.54, 1.807) is 0 Å². The lowest BCUT2D eigenvalue weighted by atomic mass is 9.99. The lowest BCUT2D eigenvalue weighted by Gasteiger charge is -2.31. The van der Waals surface area contributed by atoms with Gasteiger partial charge in [-0.1, -0.05) is 30.3 Å². The van der Waals surface area contributed by atoms with E-state index < -0.39 is 5.63 Å². The Bertz CT molecular complexity index is 1330. The van der Waals surface area contributed by atoms with Crippen LogP contribution in [0.3, 0.4) is 0 Å². The Morgan fingerprint density at radius 2 is 1.77 bits per heavy atom. The minimum absolute atomic E-state index is 0.112. The molecule has 5 rings (SSSR count). The van der Waals surface area contributed by atoms with Gasteiger partial charge in [-0.25, -0.2) is 4.79 Å². The van der Waals surface area contributed by atoms with Crippen LogP contribution in [0.15, 0.2) is 82.0 Å². The molecule has 0 unspecified atom stereocenters. The molecule has 0 fully saturated rings. The van der Waals surface area contributed by atoms with E-state index in [0.717, 1.165) is 33.5 Å². The van der Waals surface area contributed by atoms with E-state index in [-0.39, 0.29) is 5.91 Å². The highest BCUT2D eigenvalue weighted by molar-refractivity contribution is 5.96. The maximum absolute atomic E-state index is 12.4.